The number of hydrogen-bond acceptors (Lipinski definition) is 3. The fourth-order valence-corrected chi connectivity index (χ4v) is 2.89. The van der Waals surface area contributed by atoms with E-state index in [2.05, 4.69) is 19.2 Å². The number of anilines is 2. The van der Waals surface area contributed by atoms with Crippen molar-refractivity contribution in [2.24, 2.45) is 5.92 Å². The van der Waals surface area contributed by atoms with Gasteiger partial charge < -0.3 is 11.1 Å². The zero-order chi connectivity index (χ0) is 15.1. The van der Waals surface area contributed by atoms with Crippen molar-refractivity contribution in [1.82, 2.24) is 0 Å². The van der Waals surface area contributed by atoms with E-state index in [0.29, 0.717) is 23.1 Å². The highest BCUT2D eigenvalue weighted by Gasteiger charge is 2.09. The summed E-state index contributed by atoms with van der Waals surface area (Å²) in [6.45, 7) is 4.14. The van der Waals surface area contributed by atoms with Crippen LogP contribution in [-0.4, -0.2) is 21.6 Å². The van der Waals surface area contributed by atoms with Crippen LogP contribution in [0.2, 0.25) is 0 Å². The molecule has 112 valence electrons. The molecule has 0 bridgehead atoms. The summed E-state index contributed by atoms with van der Waals surface area (Å²) >= 11 is 0. The van der Waals surface area contributed by atoms with Crippen molar-refractivity contribution in [1.29, 1.82) is 0 Å². The molecule has 0 fully saturated rings. The molecule has 0 radical (unpaired) electrons. The van der Waals surface area contributed by atoms with Gasteiger partial charge in [0.2, 0.25) is 5.91 Å². The third-order valence-electron chi connectivity index (χ3n) is 2.77. The number of halogens is 1. The van der Waals surface area contributed by atoms with Gasteiger partial charge in [0.25, 0.3) is 0 Å². The number of nitrogens with two attached hydrogens (primary N) is 1. The first-order chi connectivity index (χ1) is 9.38. The van der Waals surface area contributed by atoms with Gasteiger partial charge in [0.15, 0.2) is 0 Å². The van der Waals surface area contributed by atoms with E-state index < -0.39 is 16.6 Å². The topological polar surface area (TPSA) is 72.2 Å². The number of nitrogen functional groups attached to an aromatic ring is 1. The molecule has 0 saturated carbocycles. The van der Waals surface area contributed by atoms with E-state index in [1.54, 1.807) is 0 Å². The second-order valence-corrected chi connectivity index (χ2v) is 6.76. The average molecular weight is 300 g/mol. The van der Waals surface area contributed by atoms with E-state index in [1.807, 2.05) is 0 Å². The summed E-state index contributed by atoms with van der Waals surface area (Å²) in [5, 5.41) is 2.59. The lowest BCUT2D eigenvalue weighted by atomic mass is 10.2. The minimum atomic E-state index is -0.980. The van der Waals surface area contributed by atoms with Crippen LogP contribution in [-0.2, 0) is 15.6 Å². The predicted molar refractivity (Wildman–Crippen MR) is 81.4 cm³/mol. The lowest BCUT2D eigenvalue weighted by molar-refractivity contribution is -0.115. The predicted octanol–water partition coefficient (Wildman–Crippen LogP) is 2.53. The first-order valence-electron chi connectivity index (χ1n) is 6.58. The highest BCUT2D eigenvalue weighted by atomic mass is 32.2. The summed E-state index contributed by atoms with van der Waals surface area (Å²) in [6.07, 6.45) is 1.06. The van der Waals surface area contributed by atoms with Crippen molar-refractivity contribution in [2.45, 2.75) is 26.7 Å². The molecule has 20 heavy (non-hydrogen) atoms. The first-order valence-corrected chi connectivity index (χ1v) is 8.07. The van der Waals surface area contributed by atoms with Crippen LogP contribution in [0.3, 0.4) is 0 Å². The molecule has 0 saturated heterocycles. The van der Waals surface area contributed by atoms with Crippen LogP contribution in [0.25, 0.3) is 0 Å². The van der Waals surface area contributed by atoms with Crippen LogP contribution in [0.5, 0.6) is 0 Å². The van der Waals surface area contributed by atoms with Crippen molar-refractivity contribution < 1.29 is 13.4 Å². The number of amides is 1. The summed E-state index contributed by atoms with van der Waals surface area (Å²) in [4.78, 5) is 11.7. The van der Waals surface area contributed by atoms with Gasteiger partial charge in [-0.25, -0.2) is 4.39 Å². The number of rotatable bonds is 7. The van der Waals surface area contributed by atoms with Gasteiger partial charge in [-0.05, 0) is 30.5 Å². The van der Waals surface area contributed by atoms with E-state index in [0.717, 1.165) is 12.5 Å². The molecule has 0 aliphatic heterocycles. The minimum Gasteiger partial charge on any atom is -0.397 e. The van der Waals surface area contributed by atoms with Crippen LogP contribution in [0.15, 0.2) is 18.2 Å². The zero-order valence-electron chi connectivity index (χ0n) is 11.8. The summed E-state index contributed by atoms with van der Waals surface area (Å²) in [6, 6.07) is 3.79. The molecule has 4 nitrogen and oxygen atoms in total. The summed E-state index contributed by atoms with van der Waals surface area (Å²) in [7, 11) is -0.980. The fourth-order valence-electron chi connectivity index (χ4n) is 1.54. The second-order valence-electron chi connectivity index (χ2n) is 5.06. The van der Waals surface area contributed by atoms with E-state index in [1.165, 1.54) is 12.1 Å². The van der Waals surface area contributed by atoms with Crippen LogP contribution in [0.4, 0.5) is 15.8 Å². The molecule has 1 rings (SSSR count). The van der Waals surface area contributed by atoms with Gasteiger partial charge in [0.1, 0.15) is 5.82 Å². The Hall–Kier alpha value is -1.43. The largest absolute Gasteiger partial charge is 0.397 e. The molecule has 1 amide bonds. The lowest BCUT2D eigenvalue weighted by Crippen LogP contribution is -2.17. The number of benzene rings is 1. The molecule has 1 aromatic carbocycles. The zero-order valence-corrected chi connectivity index (χ0v) is 12.6. The Morgan fingerprint density at radius 3 is 2.70 bits per heavy atom. The number of carbonyl (C=O) groups is 1. The van der Waals surface area contributed by atoms with E-state index >= 15 is 0 Å². The van der Waals surface area contributed by atoms with Crippen molar-refractivity contribution in [3.8, 4) is 0 Å². The second kappa shape index (κ2) is 7.99. The maximum atomic E-state index is 12.9. The van der Waals surface area contributed by atoms with Gasteiger partial charge in [-0.2, -0.15) is 0 Å². The Bertz CT molecular complexity index is 492. The van der Waals surface area contributed by atoms with E-state index in [-0.39, 0.29) is 18.0 Å². The summed E-state index contributed by atoms with van der Waals surface area (Å²) in [5.41, 5.74) is 6.15. The number of nitrogens with one attached hydrogen (secondary N) is 1. The summed E-state index contributed by atoms with van der Waals surface area (Å²) in [5.74, 6) is 0.742. The molecular weight excluding hydrogens is 279 g/mol. The molecule has 1 atom stereocenters. The van der Waals surface area contributed by atoms with Gasteiger partial charge in [-0.1, -0.05) is 13.8 Å². The SMILES string of the molecule is CC(C)CCS(=O)CCC(=O)Nc1ccc(F)cc1N. The molecule has 0 aromatic heterocycles. The van der Waals surface area contributed by atoms with Gasteiger partial charge in [-0.3, -0.25) is 9.00 Å². The smallest absolute Gasteiger partial charge is 0.225 e. The van der Waals surface area contributed by atoms with Crippen LogP contribution >= 0.6 is 0 Å². The maximum Gasteiger partial charge on any atom is 0.225 e. The molecular formula is C14H21FN2O2S. The minimum absolute atomic E-state index is 0.168. The molecule has 0 spiro atoms. The van der Waals surface area contributed by atoms with Gasteiger partial charge in [0, 0.05) is 28.7 Å². The average Bonchev–Trinajstić information content (AvgIpc) is 2.37. The standard InChI is InChI=1S/C14H21FN2O2S/c1-10(2)5-7-20(19)8-6-14(18)17-13-4-3-11(15)9-12(13)16/h3-4,9-10H,5-8,16H2,1-2H3,(H,17,18). The molecule has 3 N–H and O–H groups in total. The molecule has 0 aliphatic rings. The van der Waals surface area contributed by atoms with Crippen molar-refractivity contribution in [2.75, 3.05) is 22.6 Å². The van der Waals surface area contributed by atoms with Crippen LogP contribution in [0, 0.1) is 11.7 Å². The number of hydrogen-bond donors (Lipinski definition) is 2. The fraction of sp³-hybridized carbons (Fsp3) is 0.500. The normalized spacial score (nSPS) is 12.4. The van der Waals surface area contributed by atoms with Crippen molar-refractivity contribution in [3.63, 3.8) is 0 Å². The first kappa shape index (κ1) is 16.6. The van der Waals surface area contributed by atoms with Crippen molar-refractivity contribution >= 4 is 28.1 Å². The van der Waals surface area contributed by atoms with Gasteiger partial charge in [-0.15, -0.1) is 0 Å². The Morgan fingerprint density at radius 1 is 1.40 bits per heavy atom. The maximum absolute atomic E-state index is 12.9. The third-order valence-corrected chi connectivity index (χ3v) is 4.12. The van der Waals surface area contributed by atoms with Crippen molar-refractivity contribution in [3.05, 3.63) is 24.0 Å². The third kappa shape index (κ3) is 6.14. The summed E-state index contributed by atoms with van der Waals surface area (Å²) < 4.78 is 24.5. The molecule has 0 aliphatic carbocycles. The molecule has 0 heterocycles. The Morgan fingerprint density at radius 2 is 2.10 bits per heavy atom. The van der Waals surface area contributed by atoms with E-state index in [9.17, 15) is 13.4 Å². The van der Waals surface area contributed by atoms with E-state index in [4.69, 9.17) is 5.73 Å². The highest BCUT2D eigenvalue weighted by molar-refractivity contribution is 7.84. The van der Waals surface area contributed by atoms with Crippen LogP contribution < -0.4 is 11.1 Å². The Kier molecular flexibility index (Phi) is 6.64. The van der Waals surface area contributed by atoms with Gasteiger partial charge in [0.05, 0.1) is 11.4 Å². The molecule has 1 unspecified atom stereocenters. The monoisotopic (exact) mass is 300 g/mol. The molecule has 6 heteroatoms. The van der Waals surface area contributed by atoms with Crippen LogP contribution in [0.1, 0.15) is 26.7 Å². The van der Waals surface area contributed by atoms with Gasteiger partial charge >= 0.3 is 0 Å². The molecule has 1 aromatic rings. The lowest BCUT2D eigenvalue weighted by Gasteiger charge is -2.08. The quantitative estimate of drug-likeness (QED) is 0.760. The Balaban J connectivity index is 2.38. The number of carbonyl (C=O) groups excluding carboxylic acids is 1. The highest BCUT2D eigenvalue weighted by Crippen LogP contribution is 2.19. The Labute approximate surface area is 121 Å².